The molecular formula is C33H19N3O. The molecule has 0 radical (unpaired) electrons. The number of hydrogen-bond acceptors (Lipinski definition) is 4. The van der Waals surface area contributed by atoms with E-state index in [1.807, 2.05) is 42.5 Å². The van der Waals surface area contributed by atoms with Gasteiger partial charge in [0.2, 0.25) is 0 Å². The molecule has 0 aliphatic rings. The fourth-order valence-corrected chi connectivity index (χ4v) is 5.05. The highest BCUT2D eigenvalue weighted by molar-refractivity contribution is 6.22. The first-order valence-electron chi connectivity index (χ1n) is 12.0. The number of nitrogens with zero attached hydrogens (tertiary/aromatic N) is 3. The summed E-state index contributed by atoms with van der Waals surface area (Å²) in [5.41, 5.74) is 7.89. The number of hydrogen-bond donors (Lipinski definition) is 0. The summed E-state index contributed by atoms with van der Waals surface area (Å²) < 4.78 is 6.46. The molecule has 0 aliphatic carbocycles. The van der Waals surface area contributed by atoms with E-state index in [4.69, 9.17) is 9.40 Å². The van der Waals surface area contributed by atoms with Crippen molar-refractivity contribution in [1.29, 1.82) is 5.26 Å². The van der Waals surface area contributed by atoms with E-state index in [9.17, 15) is 5.26 Å². The SMILES string of the molecule is N#Cc1cncc(-c2cccc(-c3cc4oc5cc(-c6ccccc6)ccc5c4c4ccccc34)n2)c1. The molecule has 0 bridgehead atoms. The smallest absolute Gasteiger partial charge is 0.136 e. The summed E-state index contributed by atoms with van der Waals surface area (Å²) in [7, 11) is 0. The fraction of sp³-hybridized carbons (Fsp3) is 0. The molecule has 0 saturated carbocycles. The second kappa shape index (κ2) is 8.44. The lowest BCUT2D eigenvalue weighted by atomic mass is 9.96. The van der Waals surface area contributed by atoms with E-state index >= 15 is 0 Å². The Labute approximate surface area is 213 Å². The Kier molecular flexibility index (Phi) is 4.80. The number of furan rings is 1. The van der Waals surface area contributed by atoms with E-state index in [1.54, 1.807) is 12.4 Å². The molecular weight excluding hydrogens is 454 g/mol. The maximum absolute atomic E-state index is 9.28. The van der Waals surface area contributed by atoms with Crippen molar-refractivity contribution in [2.75, 3.05) is 0 Å². The Morgan fingerprint density at radius 3 is 2.27 bits per heavy atom. The quantitative estimate of drug-likeness (QED) is 0.258. The van der Waals surface area contributed by atoms with Gasteiger partial charge < -0.3 is 4.42 Å². The van der Waals surface area contributed by atoms with Gasteiger partial charge in [-0.1, -0.05) is 66.7 Å². The zero-order chi connectivity index (χ0) is 24.8. The molecule has 4 aromatic carbocycles. The first-order chi connectivity index (χ1) is 18.3. The molecule has 7 rings (SSSR count). The molecule has 0 amide bonds. The maximum atomic E-state index is 9.28. The normalized spacial score (nSPS) is 11.2. The summed E-state index contributed by atoms with van der Waals surface area (Å²) in [6.45, 7) is 0. The van der Waals surface area contributed by atoms with Crippen LogP contribution in [0.2, 0.25) is 0 Å². The molecule has 0 spiro atoms. The van der Waals surface area contributed by atoms with Crippen molar-refractivity contribution in [3.63, 3.8) is 0 Å². The van der Waals surface area contributed by atoms with Crippen LogP contribution in [-0.2, 0) is 0 Å². The van der Waals surface area contributed by atoms with Gasteiger partial charge in [0.05, 0.1) is 17.0 Å². The molecule has 0 aliphatic heterocycles. The van der Waals surface area contributed by atoms with Crippen LogP contribution in [0.5, 0.6) is 0 Å². The molecule has 37 heavy (non-hydrogen) atoms. The molecule has 4 heteroatoms. The minimum atomic E-state index is 0.508. The predicted octanol–water partition coefficient (Wildman–Crippen LogP) is 8.40. The number of benzene rings is 4. The third-order valence-electron chi connectivity index (χ3n) is 6.77. The lowest BCUT2D eigenvalue weighted by Crippen LogP contribution is -1.91. The van der Waals surface area contributed by atoms with Crippen LogP contribution in [0, 0.1) is 11.3 Å². The monoisotopic (exact) mass is 473 g/mol. The van der Waals surface area contributed by atoms with E-state index in [0.29, 0.717) is 5.56 Å². The summed E-state index contributed by atoms with van der Waals surface area (Å²) in [6.07, 6.45) is 3.29. The molecule has 0 fully saturated rings. The van der Waals surface area contributed by atoms with Crippen LogP contribution in [0.25, 0.3) is 66.4 Å². The molecule has 3 aromatic heterocycles. The second-order valence-electron chi connectivity index (χ2n) is 9.00. The highest BCUT2D eigenvalue weighted by atomic mass is 16.3. The molecule has 0 unspecified atom stereocenters. The summed E-state index contributed by atoms with van der Waals surface area (Å²) in [5, 5.41) is 13.7. The van der Waals surface area contributed by atoms with Crippen LogP contribution >= 0.6 is 0 Å². The number of nitriles is 1. The highest BCUT2D eigenvalue weighted by Gasteiger charge is 2.16. The molecule has 0 N–H and O–H groups in total. The lowest BCUT2D eigenvalue weighted by molar-refractivity contribution is 0.669. The fourth-order valence-electron chi connectivity index (χ4n) is 5.05. The summed E-state index contributed by atoms with van der Waals surface area (Å²) >= 11 is 0. The molecule has 3 heterocycles. The zero-order valence-corrected chi connectivity index (χ0v) is 19.7. The van der Waals surface area contributed by atoms with Gasteiger partial charge in [0.15, 0.2) is 0 Å². The van der Waals surface area contributed by atoms with Crippen molar-refractivity contribution in [3.05, 3.63) is 121 Å². The van der Waals surface area contributed by atoms with Crippen molar-refractivity contribution in [1.82, 2.24) is 9.97 Å². The van der Waals surface area contributed by atoms with Crippen molar-refractivity contribution in [3.8, 4) is 39.7 Å². The predicted molar refractivity (Wildman–Crippen MR) is 148 cm³/mol. The van der Waals surface area contributed by atoms with Crippen molar-refractivity contribution in [2.45, 2.75) is 0 Å². The van der Waals surface area contributed by atoms with Gasteiger partial charge in [-0.25, -0.2) is 4.98 Å². The van der Waals surface area contributed by atoms with Crippen molar-refractivity contribution in [2.24, 2.45) is 0 Å². The van der Waals surface area contributed by atoms with Crippen LogP contribution in [0.3, 0.4) is 0 Å². The van der Waals surface area contributed by atoms with Gasteiger partial charge in [0, 0.05) is 34.3 Å². The first-order valence-corrected chi connectivity index (χ1v) is 12.0. The van der Waals surface area contributed by atoms with E-state index in [1.165, 1.54) is 0 Å². The van der Waals surface area contributed by atoms with Crippen LogP contribution in [0.4, 0.5) is 0 Å². The summed E-state index contributed by atoms with van der Waals surface area (Å²) in [6, 6.07) is 37.1. The Balaban J connectivity index is 1.44. The standard InChI is InChI=1S/C33H19N3O/c34-18-21-15-24(20-35-19-21)29-11-6-12-30(36-29)28-17-32-33(26-10-5-4-9-25(26)28)27-14-13-23(16-31(27)37-32)22-7-2-1-3-8-22/h1-17,19-20H. The summed E-state index contributed by atoms with van der Waals surface area (Å²) in [5.74, 6) is 0. The first kappa shape index (κ1) is 21.0. The third-order valence-corrected chi connectivity index (χ3v) is 6.77. The molecule has 0 saturated heterocycles. The van der Waals surface area contributed by atoms with Gasteiger partial charge in [0.25, 0.3) is 0 Å². The van der Waals surface area contributed by atoms with Gasteiger partial charge >= 0.3 is 0 Å². The average molecular weight is 474 g/mol. The third kappa shape index (κ3) is 3.53. The van der Waals surface area contributed by atoms with Crippen LogP contribution in [0.15, 0.2) is 120 Å². The van der Waals surface area contributed by atoms with Crippen molar-refractivity contribution < 1.29 is 4.42 Å². The van der Waals surface area contributed by atoms with Crippen molar-refractivity contribution >= 4 is 32.7 Å². The number of pyridine rings is 2. The Morgan fingerprint density at radius 1 is 0.595 bits per heavy atom. The minimum Gasteiger partial charge on any atom is -0.456 e. The van der Waals surface area contributed by atoms with Crippen LogP contribution < -0.4 is 0 Å². The van der Waals surface area contributed by atoms with E-state index < -0.39 is 0 Å². The van der Waals surface area contributed by atoms with Crippen LogP contribution in [-0.4, -0.2) is 9.97 Å². The maximum Gasteiger partial charge on any atom is 0.136 e. The Bertz CT molecular complexity index is 2000. The Morgan fingerprint density at radius 2 is 1.41 bits per heavy atom. The van der Waals surface area contributed by atoms with Gasteiger partial charge in [-0.3, -0.25) is 4.98 Å². The number of rotatable bonds is 3. The zero-order valence-electron chi connectivity index (χ0n) is 19.7. The second-order valence-corrected chi connectivity index (χ2v) is 9.00. The van der Waals surface area contributed by atoms with Crippen LogP contribution in [0.1, 0.15) is 5.56 Å². The number of fused-ring (bicyclic) bond motifs is 5. The topological polar surface area (TPSA) is 62.7 Å². The number of aromatic nitrogens is 2. The molecule has 172 valence electrons. The largest absolute Gasteiger partial charge is 0.456 e. The highest BCUT2D eigenvalue weighted by Crippen LogP contribution is 2.40. The van der Waals surface area contributed by atoms with Gasteiger partial charge in [-0.15, -0.1) is 0 Å². The minimum absolute atomic E-state index is 0.508. The van der Waals surface area contributed by atoms with E-state index in [2.05, 4.69) is 71.7 Å². The lowest BCUT2D eigenvalue weighted by Gasteiger charge is -2.09. The van der Waals surface area contributed by atoms with E-state index in [-0.39, 0.29) is 0 Å². The molecule has 0 atom stereocenters. The van der Waals surface area contributed by atoms with Gasteiger partial charge in [0.1, 0.15) is 17.2 Å². The van der Waals surface area contributed by atoms with Gasteiger partial charge in [-0.2, -0.15) is 5.26 Å². The molecule has 4 nitrogen and oxygen atoms in total. The average Bonchev–Trinajstić information content (AvgIpc) is 3.35. The Hall–Kier alpha value is -5.27. The van der Waals surface area contributed by atoms with Gasteiger partial charge in [-0.05, 0) is 58.3 Å². The van der Waals surface area contributed by atoms with E-state index in [0.717, 1.165) is 66.4 Å². The summed E-state index contributed by atoms with van der Waals surface area (Å²) in [4.78, 5) is 9.16. The molecule has 7 aromatic rings.